The van der Waals surface area contributed by atoms with Crippen molar-refractivity contribution in [3.05, 3.63) is 47.0 Å². The average Bonchev–Trinajstić information content (AvgIpc) is 2.29. The van der Waals surface area contributed by atoms with E-state index in [4.69, 9.17) is 11.6 Å². The molecule has 0 bridgehead atoms. The summed E-state index contributed by atoms with van der Waals surface area (Å²) in [6, 6.07) is 12.2. The van der Waals surface area contributed by atoms with Crippen molar-refractivity contribution in [3.8, 4) is 0 Å². The second-order valence-electron chi connectivity index (χ2n) is 3.45. The van der Waals surface area contributed by atoms with Gasteiger partial charge in [0.2, 0.25) is 0 Å². The van der Waals surface area contributed by atoms with Crippen molar-refractivity contribution in [2.75, 3.05) is 6.54 Å². The van der Waals surface area contributed by atoms with Gasteiger partial charge in [-0.05, 0) is 17.0 Å². The minimum absolute atomic E-state index is 0.772. The first kappa shape index (κ1) is 10.5. The van der Waals surface area contributed by atoms with Gasteiger partial charge in [-0.1, -0.05) is 48.9 Å². The molecule has 0 amide bonds. The topological polar surface area (TPSA) is 14.1 Å². The maximum atomic E-state index is 6.13. The Hall–Kier alpha value is -1.05. The Labute approximate surface area is 95.1 Å². The fourth-order valence-corrected chi connectivity index (χ4v) is 1.92. The van der Waals surface area contributed by atoms with Crippen LogP contribution in [0.3, 0.4) is 0 Å². The minimum atomic E-state index is 0.772. The van der Waals surface area contributed by atoms with Gasteiger partial charge in [0.15, 0.2) is 0 Å². The van der Waals surface area contributed by atoms with E-state index in [2.05, 4.69) is 24.4 Å². The molecule has 0 aliphatic carbocycles. The Morgan fingerprint density at radius 2 is 1.80 bits per heavy atom. The summed E-state index contributed by atoms with van der Waals surface area (Å²) in [5.74, 6) is 0. The molecule has 0 atom stereocenters. The van der Waals surface area contributed by atoms with E-state index in [1.807, 2.05) is 24.3 Å². The molecule has 0 fully saturated rings. The van der Waals surface area contributed by atoms with Crippen molar-refractivity contribution in [2.24, 2.45) is 0 Å². The quantitative estimate of drug-likeness (QED) is 0.747. The molecule has 0 aliphatic heterocycles. The summed E-state index contributed by atoms with van der Waals surface area (Å²) in [5, 5.41) is 7.51. The van der Waals surface area contributed by atoms with Crippen molar-refractivity contribution in [2.45, 2.75) is 13.5 Å². The van der Waals surface area contributed by atoms with Crippen LogP contribution in [0.25, 0.3) is 10.8 Å². The fraction of sp³-hybridized carbons (Fsp3) is 0.231. The number of hydrogen-bond acceptors (Lipinski definition) is 0. The van der Waals surface area contributed by atoms with E-state index in [0.29, 0.717) is 0 Å². The van der Waals surface area contributed by atoms with Crippen LogP contribution in [0, 0.1) is 0 Å². The normalized spacial score (nSPS) is 10.8. The molecule has 0 spiro atoms. The number of rotatable bonds is 3. The lowest BCUT2D eigenvalue weighted by Gasteiger charge is -2.07. The van der Waals surface area contributed by atoms with E-state index in [1.165, 1.54) is 10.9 Å². The Bertz CT molecular complexity index is 465. The maximum absolute atomic E-state index is 6.13. The summed E-state index contributed by atoms with van der Waals surface area (Å²) in [6.07, 6.45) is 0. The number of hydrogen-bond donors (Lipinski definition) is 0. The molecule has 2 aromatic rings. The van der Waals surface area contributed by atoms with E-state index in [-0.39, 0.29) is 0 Å². The summed E-state index contributed by atoms with van der Waals surface area (Å²) < 4.78 is 0. The number of fused-ring (bicyclic) bond motifs is 1. The summed E-state index contributed by atoms with van der Waals surface area (Å²) in [6.45, 7) is 3.68. The highest BCUT2D eigenvalue weighted by molar-refractivity contribution is 6.35. The second kappa shape index (κ2) is 4.65. The third-order valence-electron chi connectivity index (χ3n) is 2.47. The van der Waals surface area contributed by atoms with Crippen LogP contribution in [0.2, 0.25) is 5.02 Å². The zero-order valence-corrected chi connectivity index (χ0v) is 9.46. The average molecular weight is 219 g/mol. The third kappa shape index (κ3) is 2.14. The zero-order chi connectivity index (χ0) is 10.7. The molecule has 0 aromatic heterocycles. The predicted octanol–water partition coefficient (Wildman–Crippen LogP) is 3.62. The van der Waals surface area contributed by atoms with Crippen LogP contribution >= 0.6 is 11.6 Å². The third-order valence-corrected chi connectivity index (χ3v) is 2.80. The molecule has 0 heterocycles. The summed E-state index contributed by atoms with van der Waals surface area (Å²) >= 11 is 6.13. The smallest absolute Gasteiger partial charge is 0.0484 e. The molecule has 77 valence electrons. The Morgan fingerprint density at radius 3 is 2.53 bits per heavy atom. The Balaban J connectivity index is 2.51. The van der Waals surface area contributed by atoms with Crippen molar-refractivity contribution in [3.63, 3.8) is 0 Å². The van der Waals surface area contributed by atoms with Gasteiger partial charge in [-0.25, -0.2) is 5.32 Å². The maximum Gasteiger partial charge on any atom is 0.0484 e. The SMILES string of the molecule is CC[N]Cc1ccc(Cl)c2ccccc12. The molecular weight excluding hydrogens is 206 g/mol. The standard InChI is InChI=1S/C13H13ClN/c1-2-15-9-10-7-8-13(14)12-6-4-3-5-11(10)12/h3-8H,2,9H2,1H3. The van der Waals surface area contributed by atoms with Gasteiger partial charge in [-0.2, -0.15) is 0 Å². The predicted molar refractivity (Wildman–Crippen MR) is 65.3 cm³/mol. The summed E-state index contributed by atoms with van der Waals surface area (Å²) in [7, 11) is 0. The second-order valence-corrected chi connectivity index (χ2v) is 3.86. The van der Waals surface area contributed by atoms with Gasteiger partial charge in [0.1, 0.15) is 0 Å². The number of nitrogens with zero attached hydrogens (tertiary/aromatic N) is 1. The molecule has 0 saturated heterocycles. The molecule has 0 N–H and O–H groups in total. The molecule has 2 heteroatoms. The Morgan fingerprint density at radius 1 is 1.07 bits per heavy atom. The van der Waals surface area contributed by atoms with E-state index < -0.39 is 0 Å². The summed E-state index contributed by atoms with van der Waals surface area (Å²) in [4.78, 5) is 0. The van der Waals surface area contributed by atoms with Crippen LogP contribution < -0.4 is 5.32 Å². The molecule has 0 saturated carbocycles. The van der Waals surface area contributed by atoms with E-state index >= 15 is 0 Å². The monoisotopic (exact) mass is 218 g/mol. The van der Waals surface area contributed by atoms with Gasteiger partial charge in [0.05, 0.1) is 0 Å². The molecule has 1 nitrogen and oxygen atoms in total. The molecule has 15 heavy (non-hydrogen) atoms. The number of halogens is 1. The highest BCUT2D eigenvalue weighted by Crippen LogP contribution is 2.26. The van der Waals surface area contributed by atoms with Crippen molar-refractivity contribution < 1.29 is 0 Å². The van der Waals surface area contributed by atoms with Crippen LogP contribution in [0.1, 0.15) is 12.5 Å². The van der Waals surface area contributed by atoms with Crippen LogP contribution in [-0.4, -0.2) is 6.54 Å². The molecule has 1 radical (unpaired) electrons. The number of benzene rings is 2. The van der Waals surface area contributed by atoms with Crippen LogP contribution in [0.15, 0.2) is 36.4 Å². The van der Waals surface area contributed by atoms with Crippen molar-refractivity contribution >= 4 is 22.4 Å². The molecular formula is C13H13ClN. The lowest BCUT2D eigenvalue weighted by atomic mass is 10.0. The van der Waals surface area contributed by atoms with E-state index in [1.54, 1.807) is 0 Å². The summed E-state index contributed by atoms with van der Waals surface area (Å²) in [5.41, 5.74) is 1.25. The zero-order valence-electron chi connectivity index (χ0n) is 8.70. The Kier molecular flexibility index (Phi) is 3.24. The first-order valence-corrected chi connectivity index (χ1v) is 5.50. The van der Waals surface area contributed by atoms with E-state index in [0.717, 1.165) is 23.5 Å². The molecule has 0 unspecified atom stereocenters. The highest BCUT2D eigenvalue weighted by Gasteiger charge is 2.03. The van der Waals surface area contributed by atoms with Gasteiger partial charge in [0.25, 0.3) is 0 Å². The van der Waals surface area contributed by atoms with Crippen molar-refractivity contribution in [1.82, 2.24) is 5.32 Å². The molecule has 0 aliphatic rings. The lowest BCUT2D eigenvalue weighted by molar-refractivity contribution is 0.713. The van der Waals surface area contributed by atoms with Crippen LogP contribution in [0.4, 0.5) is 0 Å². The largest absolute Gasteiger partial charge is 0.237 e. The van der Waals surface area contributed by atoms with Gasteiger partial charge in [-0.15, -0.1) is 0 Å². The highest BCUT2D eigenvalue weighted by atomic mass is 35.5. The van der Waals surface area contributed by atoms with Gasteiger partial charge >= 0.3 is 0 Å². The van der Waals surface area contributed by atoms with Gasteiger partial charge in [-0.3, -0.25) is 0 Å². The molecule has 2 rings (SSSR count). The van der Waals surface area contributed by atoms with Crippen molar-refractivity contribution in [1.29, 1.82) is 0 Å². The first-order chi connectivity index (χ1) is 7.33. The van der Waals surface area contributed by atoms with Gasteiger partial charge in [0, 0.05) is 23.5 Å². The van der Waals surface area contributed by atoms with Crippen LogP contribution in [-0.2, 0) is 6.54 Å². The van der Waals surface area contributed by atoms with E-state index in [9.17, 15) is 0 Å². The molecule has 2 aromatic carbocycles. The first-order valence-electron chi connectivity index (χ1n) is 5.12. The van der Waals surface area contributed by atoms with Gasteiger partial charge < -0.3 is 0 Å². The minimum Gasteiger partial charge on any atom is -0.237 e. The van der Waals surface area contributed by atoms with Crippen LogP contribution in [0.5, 0.6) is 0 Å². The fourth-order valence-electron chi connectivity index (χ4n) is 1.69. The lowest BCUT2D eigenvalue weighted by Crippen LogP contribution is -2.03.